The number of nitrogens with zero attached hydrogens (tertiary/aromatic N) is 1. The van der Waals surface area contributed by atoms with Crippen molar-refractivity contribution in [1.29, 1.82) is 0 Å². The second kappa shape index (κ2) is 6.60. The van der Waals surface area contributed by atoms with E-state index in [1.807, 2.05) is 25.7 Å². The predicted octanol–water partition coefficient (Wildman–Crippen LogP) is 2.93. The highest BCUT2D eigenvalue weighted by Crippen LogP contribution is 2.38. The average molecular weight is 324 g/mol. The summed E-state index contributed by atoms with van der Waals surface area (Å²) >= 11 is 0. The van der Waals surface area contributed by atoms with Crippen LogP contribution in [-0.4, -0.2) is 54.5 Å². The van der Waals surface area contributed by atoms with Crippen molar-refractivity contribution in [2.24, 2.45) is 5.92 Å². The van der Waals surface area contributed by atoms with E-state index in [9.17, 15) is 4.79 Å². The third kappa shape index (κ3) is 4.18. The van der Waals surface area contributed by atoms with Crippen molar-refractivity contribution in [3.63, 3.8) is 0 Å². The molecule has 5 nitrogen and oxygen atoms in total. The molecule has 1 unspecified atom stereocenters. The first-order valence-corrected chi connectivity index (χ1v) is 9.13. The topological polar surface area (TPSA) is 50.8 Å². The van der Waals surface area contributed by atoms with Gasteiger partial charge in [0.15, 0.2) is 0 Å². The van der Waals surface area contributed by atoms with Crippen molar-refractivity contribution in [1.82, 2.24) is 10.2 Å². The molecule has 0 aromatic carbocycles. The van der Waals surface area contributed by atoms with Crippen molar-refractivity contribution in [2.45, 2.75) is 89.1 Å². The van der Waals surface area contributed by atoms with Gasteiger partial charge >= 0.3 is 6.09 Å². The number of hydrogen-bond acceptors (Lipinski definition) is 4. The molecule has 1 amide bonds. The highest BCUT2D eigenvalue weighted by molar-refractivity contribution is 5.69. The summed E-state index contributed by atoms with van der Waals surface area (Å²) in [7, 11) is 1.78. The first-order valence-electron chi connectivity index (χ1n) is 9.13. The van der Waals surface area contributed by atoms with Crippen LogP contribution in [0.1, 0.15) is 59.3 Å². The number of fused-ring (bicyclic) bond motifs is 2. The maximum Gasteiger partial charge on any atom is 0.410 e. The predicted molar refractivity (Wildman–Crippen MR) is 89.4 cm³/mol. The molecule has 2 saturated heterocycles. The Labute approximate surface area is 140 Å². The fourth-order valence-corrected chi connectivity index (χ4v) is 4.23. The summed E-state index contributed by atoms with van der Waals surface area (Å²) in [4.78, 5) is 14.5. The van der Waals surface area contributed by atoms with E-state index in [4.69, 9.17) is 9.47 Å². The smallest absolute Gasteiger partial charge is 0.410 e. The molecule has 0 radical (unpaired) electrons. The third-order valence-corrected chi connectivity index (χ3v) is 5.32. The van der Waals surface area contributed by atoms with Gasteiger partial charge in [0.2, 0.25) is 0 Å². The van der Waals surface area contributed by atoms with E-state index in [0.717, 1.165) is 38.2 Å². The van der Waals surface area contributed by atoms with E-state index in [0.29, 0.717) is 24.2 Å². The van der Waals surface area contributed by atoms with Gasteiger partial charge in [0.1, 0.15) is 5.60 Å². The van der Waals surface area contributed by atoms with Crippen LogP contribution in [0.25, 0.3) is 0 Å². The molecule has 1 N–H and O–H groups in total. The Kier molecular flexibility index (Phi) is 4.88. The van der Waals surface area contributed by atoms with Gasteiger partial charge in [-0.2, -0.15) is 0 Å². The highest BCUT2D eigenvalue weighted by Gasteiger charge is 2.45. The van der Waals surface area contributed by atoms with Crippen molar-refractivity contribution < 1.29 is 14.3 Å². The molecule has 5 heteroatoms. The van der Waals surface area contributed by atoms with Gasteiger partial charge in [0.25, 0.3) is 0 Å². The van der Waals surface area contributed by atoms with Gasteiger partial charge in [0.05, 0.1) is 6.61 Å². The lowest BCUT2D eigenvalue weighted by molar-refractivity contribution is 0.00350. The molecule has 2 aliphatic heterocycles. The summed E-state index contributed by atoms with van der Waals surface area (Å²) in [6.45, 7) is 6.61. The van der Waals surface area contributed by atoms with E-state index < -0.39 is 5.60 Å². The average Bonchev–Trinajstić information content (AvgIpc) is 3.23. The van der Waals surface area contributed by atoms with E-state index >= 15 is 0 Å². The number of carbonyl (C=O) groups excluding carboxylic acids is 1. The van der Waals surface area contributed by atoms with Crippen molar-refractivity contribution in [2.75, 3.05) is 13.7 Å². The Morgan fingerprint density at radius 3 is 2.26 bits per heavy atom. The molecular weight excluding hydrogens is 292 g/mol. The summed E-state index contributed by atoms with van der Waals surface area (Å²) in [5.74, 6) is 0.788. The van der Waals surface area contributed by atoms with Gasteiger partial charge in [-0.3, -0.25) is 0 Å². The van der Waals surface area contributed by atoms with E-state index in [1.54, 1.807) is 7.11 Å². The van der Waals surface area contributed by atoms with Crippen molar-refractivity contribution in [3.05, 3.63) is 0 Å². The lowest BCUT2D eigenvalue weighted by Crippen LogP contribution is -2.54. The molecule has 2 heterocycles. The minimum atomic E-state index is -0.416. The minimum Gasteiger partial charge on any atom is -0.444 e. The second-order valence-corrected chi connectivity index (χ2v) is 8.51. The molecule has 132 valence electrons. The summed E-state index contributed by atoms with van der Waals surface area (Å²) in [6.07, 6.45) is 6.83. The zero-order valence-corrected chi connectivity index (χ0v) is 15.0. The molecule has 3 aliphatic rings. The van der Waals surface area contributed by atoms with Crippen LogP contribution in [-0.2, 0) is 9.47 Å². The number of nitrogens with one attached hydrogen (secondary N) is 1. The normalized spacial score (nSPS) is 32.0. The van der Waals surface area contributed by atoms with E-state index in [1.165, 1.54) is 12.8 Å². The summed E-state index contributed by atoms with van der Waals surface area (Å²) in [6, 6.07) is 1.66. The van der Waals surface area contributed by atoms with Gasteiger partial charge in [0, 0.05) is 31.3 Å². The number of rotatable bonds is 5. The van der Waals surface area contributed by atoms with Crippen molar-refractivity contribution >= 4 is 6.09 Å². The Morgan fingerprint density at radius 2 is 1.78 bits per heavy atom. The number of piperidine rings is 1. The Hall–Kier alpha value is -0.810. The molecular formula is C18H32N2O3. The first-order chi connectivity index (χ1) is 10.9. The maximum absolute atomic E-state index is 12.5. The minimum absolute atomic E-state index is 0.126. The monoisotopic (exact) mass is 324 g/mol. The molecule has 4 atom stereocenters. The van der Waals surface area contributed by atoms with Crippen LogP contribution >= 0.6 is 0 Å². The molecule has 2 bridgehead atoms. The van der Waals surface area contributed by atoms with Crippen LogP contribution in [0.15, 0.2) is 0 Å². The summed E-state index contributed by atoms with van der Waals surface area (Å²) < 4.78 is 11.0. The summed E-state index contributed by atoms with van der Waals surface area (Å²) in [5.41, 5.74) is -0.416. The van der Waals surface area contributed by atoms with Gasteiger partial charge < -0.3 is 19.7 Å². The molecule has 1 saturated carbocycles. The molecule has 23 heavy (non-hydrogen) atoms. The quantitative estimate of drug-likeness (QED) is 0.845. The van der Waals surface area contributed by atoms with Gasteiger partial charge in [-0.1, -0.05) is 0 Å². The largest absolute Gasteiger partial charge is 0.444 e. The molecule has 1 aliphatic carbocycles. The zero-order chi connectivity index (χ0) is 16.6. The Bertz CT molecular complexity index is 416. The van der Waals surface area contributed by atoms with Crippen LogP contribution in [0.5, 0.6) is 0 Å². The number of ether oxygens (including phenoxy) is 2. The Morgan fingerprint density at radius 1 is 1.17 bits per heavy atom. The lowest BCUT2D eigenvalue weighted by atomic mass is 9.96. The first kappa shape index (κ1) is 17.0. The second-order valence-electron chi connectivity index (χ2n) is 8.51. The van der Waals surface area contributed by atoms with Crippen LogP contribution < -0.4 is 5.32 Å². The van der Waals surface area contributed by atoms with Gasteiger partial charge in [-0.05, 0) is 65.2 Å². The number of carbonyl (C=O) groups is 1. The highest BCUT2D eigenvalue weighted by atomic mass is 16.6. The Balaban J connectivity index is 1.57. The lowest BCUT2D eigenvalue weighted by Gasteiger charge is -2.40. The maximum atomic E-state index is 12.5. The van der Waals surface area contributed by atoms with Crippen LogP contribution in [0.4, 0.5) is 4.79 Å². The van der Waals surface area contributed by atoms with Gasteiger partial charge in [-0.15, -0.1) is 0 Å². The number of methoxy groups -OCH3 is 1. The standard InChI is InChI=1S/C18H32N2O3/c1-18(2,3)23-17(21)20-14-7-8-15(20)10-13(9-14)19-16(11-22-4)12-5-6-12/h12-16,19H,5-11H2,1-4H3/t13?,14-,15+,16-/m0/s1. The zero-order valence-electron chi connectivity index (χ0n) is 15.0. The molecule has 0 aromatic heterocycles. The van der Waals surface area contributed by atoms with E-state index in [2.05, 4.69) is 5.32 Å². The SMILES string of the molecule is COC[C@H](NC1C[C@H]2CC[C@@H](C1)N2C(=O)OC(C)(C)C)C1CC1. The number of hydrogen-bond donors (Lipinski definition) is 1. The third-order valence-electron chi connectivity index (χ3n) is 5.32. The van der Waals surface area contributed by atoms with Crippen LogP contribution in [0.2, 0.25) is 0 Å². The molecule has 0 aromatic rings. The van der Waals surface area contributed by atoms with Crippen LogP contribution in [0.3, 0.4) is 0 Å². The molecule has 3 fully saturated rings. The molecule has 3 rings (SSSR count). The van der Waals surface area contributed by atoms with Crippen molar-refractivity contribution in [3.8, 4) is 0 Å². The summed E-state index contributed by atoms with van der Waals surface area (Å²) in [5, 5.41) is 3.82. The van der Waals surface area contributed by atoms with Gasteiger partial charge in [-0.25, -0.2) is 4.79 Å². The molecule has 0 spiro atoms. The van der Waals surface area contributed by atoms with Crippen LogP contribution in [0, 0.1) is 5.92 Å². The van der Waals surface area contributed by atoms with E-state index in [-0.39, 0.29) is 6.09 Å². The fourth-order valence-electron chi connectivity index (χ4n) is 4.23. The number of amides is 1. The fraction of sp³-hybridized carbons (Fsp3) is 0.944.